The molecule has 0 aliphatic heterocycles. The van der Waals surface area contributed by atoms with Crippen LogP contribution in [0.2, 0.25) is 10.0 Å². The molecule has 0 spiro atoms. The monoisotopic (exact) mass is 570 g/mol. The molecule has 1 unspecified atom stereocenters. The van der Waals surface area contributed by atoms with Gasteiger partial charge in [0.2, 0.25) is 5.91 Å². The first kappa shape index (κ1) is 27.5. The molecule has 7 heteroatoms. The summed E-state index contributed by atoms with van der Waals surface area (Å²) in [5.41, 5.74) is 4.01. The number of hydrogen-bond donors (Lipinski definition) is 1. The van der Waals surface area contributed by atoms with E-state index in [1.54, 1.807) is 54.5 Å². The summed E-state index contributed by atoms with van der Waals surface area (Å²) in [4.78, 5) is 33.1. The Bertz CT molecular complexity index is 1630. The van der Waals surface area contributed by atoms with Crippen LogP contribution in [0, 0.1) is 0 Å². The van der Waals surface area contributed by atoms with E-state index in [4.69, 9.17) is 27.9 Å². The molecule has 1 atom stereocenters. The predicted molar refractivity (Wildman–Crippen MR) is 161 cm³/mol. The van der Waals surface area contributed by atoms with E-state index in [0.717, 1.165) is 22.0 Å². The van der Waals surface area contributed by atoms with Crippen LogP contribution in [0.1, 0.15) is 29.2 Å². The Kier molecular flexibility index (Phi) is 8.54. The van der Waals surface area contributed by atoms with E-state index in [2.05, 4.69) is 4.98 Å². The zero-order valence-electron chi connectivity index (χ0n) is 21.9. The van der Waals surface area contributed by atoms with Gasteiger partial charge in [-0.3, -0.25) is 14.5 Å². The lowest BCUT2D eigenvalue weighted by Gasteiger charge is -2.32. The number of fused-ring (bicyclic) bond motifs is 1. The topological polar surface area (TPSA) is 62.4 Å². The van der Waals surface area contributed by atoms with Crippen LogP contribution in [-0.2, 0) is 22.4 Å². The number of nitrogens with zero attached hydrogens (tertiary/aromatic N) is 1. The third-order valence-corrected chi connectivity index (χ3v) is 7.70. The number of aromatic nitrogens is 1. The number of rotatable bonds is 10. The van der Waals surface area contributed by atoms with Gasteiger partial charge in [0.25, 0.3) is 0 Å². The van der Waals surface area contributed by atoms with Crippen molar-refractivity contribution in [2.24, 2.45) is 0 Å². The number of benzene rings is 4. The number of anilines is 1. The largest absolute Gasteiger partial charge is 0.497 e. The van der Waals surface area contributed by atoms with E-state index in [9.17, 15) is 9.59 Å². The third kappa shape index (κ3) is 6.06. The molecule has 5 aromatic rings. The number of Topliss-reactive ketones (excluding diaryl/α,β-unsaturated/α-hetero) is 1. The van der Waals surface area contributed by atoms with Crippen LogP contribution in [0.5, 0.6) is 5.75 Å². The lowest BCUT2D eigenvalue weighted by molar-refractivity contribution is -0.125. The van der Waals surface area contributed by atoms with Gasteiger partial charge in [-0.1, -0.05) is 77.8 Å². The Labute approximate surface area is 243 Å². The van der Waals surface area contributed by atoms with Crippen LogP contribution in [0.4, 0.5) is 5.69 Å². The molecule has 0 aliphatic rings. The SMILES string of the molecule is COc1ccc(N(C(=O)Cc2c[nH]c3ccccc23)C(C(=O)CCc2ccccc2)c2ccc(Cl)c(Cl)c2)cc1. The third-order valence-electron chi connectivity index (χ3n) is 6.96. The maximum absolute atomic E-state index is 14.2. The van der Waals surface area contributed by atoms with Gasteiger partial charge in [-0.05, 0) is 65.6 Å². The fourth-order valence-electron chi connectivity index (χ4n) is 4.92. The molecule has 40 heavy (non-hydrogen) atoms. The van der Waals surface area contributed by atoms with Crippen molar-refractivity contribution in [1.82, 2.24) is 4.98 Å². The van der Waals surface area contributed by atoms with Gasteiger partial charge in [0.05, 0.1) is 23.6 Å². The number of ether oxygens (including phenoxy) is 1. The maximum Gasteiger partial charge on any atom is 0.232 e. The second kappa shape index (κ2) is 12.4. The molecule has 1 N–H and O–H groups in total. The minimum atomic E-state index is -0.912. The second-order valence-corrected chi connectivity index (χ2v) is 10.3. The number of nitrogens with one attached hydrogen (secondary N) is 1. The van der Waals surface area contributed by atoms with Gasteiger partial charge >= 0.3 is 0 Å². The van der Waals surface area contributed by atoms with Crippen LogP contribution in [0.25, 0.3) is 10.9 Å². The highest BCUT2D eigenvalue weighted by Gasteiger charge is 2.33. The molecular formula is C33H28Cl2N2O3. The molecule has 0 saturated heterocycles. The molecule has 4 aromatic carbocycles. The van der Waals surface area contributed by atoms with Gasteiger partial charge in [0, 0.05) is 29.2 Å². The van der Waals surface area contributed by atoms with E-state index in [1.807, 2.05) is 60.8 Å². The first-order valence-corrected chi connectivity index (χ1v) is 13.7. The molecule has 1 amide bonds. The van der Waals surface area contributed by atoms with Gasteiger partial charge in [-0.15, -0.1) is 0 Å². The molecular weight excluding hydrogens is 543 g/mol. The number of H-pyrrole nitrogens is 1. The van der Waals surface area contributed by atoms with E-state index >= 15 is 0 Å². The summed E-state index contributed by atoms with van der Waals surface area (Å²) in [5.74, 6) is 0.318. The summed E-state index contributed by atoms with van der Waals surface area (Å²) in [5, 5.41) is 1.66. The van der Waals surface area contributed by atoms with Crippen LogP contribution in [-0.4, -0.2) is 23.8 Å². The summed E-state index contributed by atoms with van der Waals surface area (Å²) in [6.07, 6.45) is 2.73. The lowest BCUT2D eigenvalue weighted by atomic mass is 9.95. The Hall–Kier alpha value is -4.06. The highest BCUT2D eigenvalue weighted by atomic mass is 35.5. The molecule has 0 aliphatic carbocycles. The molecule has 5 nitrogen and oxygen atoms in total. The van der Waals surface area contributed by atoms with Crippen LogP contribution in [0.15, 0.2) is 103 Å². The number of amides is 1. The molecule has 0 saturated carbocycles. The van der Waals surface area contributed by atoms with Crippen molar-refractivity contribution in [1.29, 1.82) is 0 Å². The van der Waals surface area contributed by atoms with Crippen molar-refractivity contribution in [2.45, 2.75) is 25.3 Å². The van der Waals surface area contributed by atoms with Crippen LogP contribution < -0.4 is 9.64 Å². The Balaban J connectivity index is 1.57. The number of aromatic amines is 1. The highest BCUT2D eigenvalue weighted by Crippen LogP contribution is 2.35. The van der Waals surface area contributed by atoms with Gasteiger partial charge < -0.3 is 9.72 Å². The van der Waals surface area contributed by atoms with Crippen LogP contribution in [0.3, 0.4) is 0 Å². The van der Waals surface area contributed by atoms with E-state index < -0.39 is 6.04 Å². The van der Waals surface area contributed by atoms with Crippen molar-refractivity contribution in [2.75, 3.05) is 12.0 Å². The Morgan fingerprint density at radius 2 is 1.60 bits per heavy atom. The summed E-state index contributed by atoms with van der Waals surface area (Å²) in [6.45, 7) is 0. The fraction of sp³-hybridized carbons (Fsp3) is 0.152. The van der Waals surface area contributed by atoms with Crippen molar-refractivity contribution in [3.8, 4) is 5.75 Å². The van der Waals surface area contributed by atoms with Crippen molar-refractivity contribution in [3.63, 3.8) is 0 Å². The summed E-state index contributed by atoms with van der Waals surface area (Å²) in [6, 6.07) is 29.0. The zero-order chi connectivity index (χ0) is 28.1. The number of hydrogen-bond acceptors (Lipinski definition) is 3. The standard InChI is InChI=1S/C33H28Cl2N2O3/c1-40-26-15-13-25(14-16-26)37(32(39)20-24-21-36-30-10-6-5-9-27(24)30)33(23-12-17-28(34)29(35)19-23)31(38)18-11-22-7-3-2-4-8-22/h2-10,12-17,19,21,33,36H,11,18,20H2,1H3. The normalized spacial score (nSPS) is 11.8. The molecule has 0 radical (unpaired) electrons. The summed E-state index contributed by atoms with van der Waals surface area (Å²) < 4.78 is 5.35. The number of halogens is 2. The molecule has 0 fully saturated rings. The highest BCUT2D eigenvalue weighted by molar-refractivity contribution is 6.42. The minimum absolute atomic E-state index is 0.0971. The average molecular weight is 572 g/mol. The number of carbonyl (C=O) groups is 2. The van der Waals surface area contributed by atoms with Gasteiger partial charge in [-0.25, -0.2) is 0 Å². The number of aryl methyl sites for hydroxylation is 1. The molecule has 1 aromatic heterocycles. The Morgan fingerprint density at radius 3 is 2.33 bits per heavy atom. The van der Waals surface area contributed by atoms with E-state index in [0.29, 0.717) is 33.5 Å². The second-order valence-electron chi connectivity index (χ2n) is 9.53. The average Bonchev–Trinajstić information content (AvgIpc) is 3.39. The number of methoxy groups -OCH3 is 1. The quantitative estimate of drug-likeness (QED) is 0.185. The van der Waals surface area contributed by atoms with Gasteiger partial charge in [0.15, 0.2) is 5.78 Å². The predicted octanol–water partition coefficient (Wildman–Crippen LogP) is 8.00. The smallest absolute Gasteiger partial charge is 0.232 e. The minimum Gasteiger partial charge on any atom is -0.497 e. The molecule has 202 valence electrons. The lowest BCUT2D eigenvalue weighted by Crippen LogP contribution is -2.40. The molecule has 0 bridgehead atoms. The zero-order valence-corrected chi connectivity index (χ0v) is 23.5. The number of carbonyl (C=O) groups excluding carboxylic acids is 2. The maximum atomic E-state index is 14.2. The first-order chi connectivity index (χ1) is 19.4. The number of ketones is 1. The van der Waals surface area contributed by atoms with Gasteiger partial charge in [-0.2, -0.15) is 0 Å². The van der Waals surface area contributed by atoms with E-state index in [1.165, 1.54) is 0 Å². The molecule has 5 rings (SSSR count). The summed E-state index contributed by atoms with van der Waals surface area (Å²) >= 11 is 12.7. The van der Waals surface area contributed by atoms with Gasteiger partial charge in [0.1, 0.15) is 11.8 Å². The van der Waals surface area contributed by atoms with Crippen molar-refractivity contribution >= 4 is 51.5 Å². The van der Waals surface area contributed by atoms with Crippen LogP contribution >= 0.6 is 23.2 Å². The van der Waals surface area contributed by atoms with E-state index in [-0.39, 0.29) is 24.5 Å². The molecule has 1 heterocycles. The van der Waals surface area contributed by atoms with Crippen molar-refractivity contribution in [3.05, 3.63) is 130 Å². The summed E-state index contributed by atoms with van der Waals surface area (Å²) in [7, 11) is 1.58. The first-order valence-electron chi connectivity index (χ1n) is 13.0. The number of para-hydroxylation sites is 1. The Morgan fingerprint density at radius 1 is 0.875 bits per heavy atom. The van der Waals surface area contributed by atoms with Crippen molar-refractivity contribution < 1.29 is 14.3 Å². The fourth-order valence-corrected chi connectivity index (χ4v) is 5.22.